The highest BCUT2D eigenvalue weighted by Gasteiger charge is 2.09. The molecule has 0 spiro atoms. The van der Waals surface area contributed by atoms with E-state index in [9.17, 15) is 0 Å². The maximum Gasteiger partial charge on any atom is 0.0734 e. The average molecular weight is 237 g/mol. The van der Waals surface area contributed by atoms with Crippen LogP contribution in [-0.4, -0.2) is 16.4 Å². The van der Waals surface area contributed by atoms with E-state index in [1.165, 1.54) is 18.5 Å². The van der Waals surface area contributed by atoms with Crippen LogP contribution in [0.2, 0.25) is 0 Å². The molecule has 96 valence electrons. The summed E-state index contributed by atoms with van der Waals surface area (Å²) < 4.78 is 2.08. The van der Waals surface area contributed by atoms with Gasteiger partial charge in [0.05, 0.1) is 6.61 Å². The molecule has 0 aromatic carbocycles. The van der Waals surface area contributed by atoms with Gasteiger partial charge < -0.3 is 4.84 Å². The Morgan fingerprint density at radius 3 is 3.12 bits per heavy atom. The Kier molecular flexibility index (Phi) is 6.58. The van der Waals surface area contributed by atoms with Crippen molar-refractivity contribution in [3.8, 4) is 0 Å². The number of rotatable bonds is 9. The van der Waals surface area contributed by atoms with Gasteiger partial charge in [-0.15, -0.1) is 6.58 Å². The van der Waals surface area contributed by atoms with Gasteiger partial charge in [-0.3, -0.25) is 4.68 Å². The Morgan fingerprint density at radius 2 is 2.41 bits per heavy atom. The first-order valence-electron chi connectivity index (χ1n) is 6.24. The number of nitrogens with zero attached hydrogens (tertiary/aromatic N) is 2. The summed E-state index contributed by atoms with van der Waals surface area (Å²) in [4.78, 5) is 4.61. The molecule has 0 bridgehead atoms. The summed E-state index contributed by atoms with van der Waals surface area (Å²) in [6.07, 6.45) is 9.28. The largest absolute Gasteiger partial charge is 0.304 e. The molecule has 0 aliphatic rings. The zero-order chi connectivity index (χ0) is 12.5. The first-order valence-corrected chi connectivity index (χ1v) is 6.24. The van der Waals surface area contributed by atoms with E-state index in [2.05, 4.69) is 28.1 Å². The molecule has 4 heteroatoms. The molecule has 17 heavy (non-hydrogen) atoms. The molecule has 1 aromatic heterocycles. The Morgan fingerprint density at radius 1 is 1.59 bits per heavy atom. The highest BCUT2D eigenvalue weighted by Crippen LogP contribution is 2.17. The van der Waals surface area contributed by atoms with E-state index in [0.29, 0.717) is 12.6 Å². The molecular formula is C13H23N3O. The van der Waals surface area contributed by atoms with E-state index in [1.807, 2.05) is 18.3 Å². The Hall–Kier alpha value is -1.13. The van der Waals surface area contributed by atoms with Crippen LogP contribution in [0.5, 0.6) is 0 Å². The second-order valence-corrected chi connectivity index (χ2v) is 4.31. The standard InChI is InChI=1S/C13H23N3O/c1-3-4-5-6-7-12(2)16-13(8-10-15-16)9-11-17-14/h3,8,10,12H,1,4-7,9,11,14H2,2H3. The van der Waals surface area contributed by atoms with Crippen LogP contribution in [0.4, 0.5) is 0 Å². The summed E-state index contributed by atoms with van der Waals surface area (Å²) in [5.74, 6) is 5.05. The molecule has 1 aromatic rings. The molecule has 1 unspecified atom stereocenters. The molecule has 0 radical (unpaired) electrons. The van der Waals surface area contributed by atoms with Gasteiger partial charge in [-0.2, -0.15) is 5.10 Å². The zero-order valence-electron chi connectivity index (χ0n) is 10.6. The molecule has 4 nitrogen and oxygen atoms in total. The van der Waals surface area contributed by atoms with Crippen molar-refractivity contribution in [2.24, 2.45) is 5.90 Å². The van der Waals surface area contributed by atoms with Crippen LogP contribution in [0.3, 0.4) is 0 Å². The fourth-order valence-corrected chi connectivity index (χ4v) is 1.95. The molecule has 1 rings (SSSR count). The minimum absolute atomic E-state index is 0.433. The van der Waals surface area contributed by atoms with Crippen LogP contribution in [0, 0.1) is 0 Å². The van der Waals surface area contributed by atoms with Crippen LogP contribution in [0.1, 0.15) is 44.3 Å². The normalized spacial score (nSPS) is 12.6. The summed E-state index contributed by atoms with van der Waals surface area (Å²) in [6, 6.07) is 2.46. The second kappa shape index (κ2) is 8.03. The third-order valence-electron chi connectivity index (χ3n) is 2.93. The average Bonchev–Trinajstić information content (AvgIpc) is 2.80. The lowest BCUT2D eigenvalue weighted by atomic mass is 10.1. The van der Waals surface area contributed by atoms with Crippen molar-refractivity contribution in [3.05, 3.63) is 30.6 Å². The van der Waals surface area contributed by atoms with Gasteiger partial charge in [0.2, 0.25) is 0 Å². The van der Waals surface area contributed by atoms with Gasteiger partial charge in [0.25, 0.3) is 0 Å². The van der Waals surface area contributed by atoms with Gasteiger partial charge >= 0.3 is 0 Å². The van der Waals surface area contributed by atoms with Crippen molar-refractivity contribution < 1.29 is 4.84 Å². The molecular weight excluding hydrogens is 214 g/mol. The van der Waals surface area contributed by atoms with Gasteiger partial charge in [0, 0.05) is 24.4 Å². The van der Waals surface area contributed by atoms with Crippen molar-refractivity contribution in [2.75, 3.05) is 6.61 Å². The highest BCUT2D eigenvalue weighted by atomic mass is 16.6. The van der Waals surface area contributed by atoms with Gasteiger partial charge in [-0.25, -0.2) is 5.90 Å². The van der Waals surface area contributed by atoms with Crippen molar-refractivity contribution in [1.82, 2.24) is 9.78 Å². The number of unbranched alkanes of at least 4 members (excludes halogenated alkanes) is 2. The number of hydrogen-bond donors (Lipinski definition) is 1. The summed E-state index contributed by atoms with van der Waals surface area (Å²) in [5, 5.41) is 4.37. The second-order valence-electron chi connectivity index (χ2n) is 4.31. The molecule has 0 fully saturated rings. The van der Waals surface area contributed by atoms with Crippen molar-refractivity contribution in [1.29, 1.82) is 0 Å². The van der Waals surface area contributed by atoms with Gasteiger partial charge in [-0.1, -0.05) is 12.5 Å². The summed E-state index contributed by atoms with van der Waals surface area (Å²) in [6.45, 7) is 6.47. The Balaban J connectivity index is 2.41. The van der Waals surface area contributed by atoms with E-state index in [0.717, 1.165) is 19.3 Å². The van der Waals surface area contributed by atoms with Crippen molar-refractivity contribution >= 4 is 0 Å². The van der Waals surface area contributed by atoms with Gasteiger partial charge in [0.15, 0.2) is 0 Å². The van der Waals surface area contributed by atoms with Crippen LogP contribution in [0.15, 0.2) is 24.9 Å². The Labute approximate surface area is 103 Å². The molecule has 0 saturated heterocycles. The van der Waals surface area contributed by atoms with Crippen LogP contribution >= 0.6 is 0 Å². The first-order chi connectivity index (χ1) is 8.29. The smallest absolute Gasteiger partial charge is 0.0734 e. The zero-order valence-corrected chi connectivity index (χ0v) is 10.6. The first kappa shape index (κ1) is 13.9. The molecule has 0 saturated carbocycles. The molecule has 1 atom stereocenters. The molecule has 1 heterocycles. The van der Waals surface area contributed by atoms with Crippen molar-refractivity contribution in [3.63, 3.8) is 0 Å². The van der Waals surface area contributed by atoms with Crippen LogP contribution in [0.25, 0.3) is 0 Å². The third kappa shape index (κ3) is 4.71. The minimum Gasteiger partial charge on any atom is -0.304 e. The number of nitrogens with two attached hydrogens (primary N) is 1. The maximum absolute atomic E-state index is 5.05. The van der Waals surface area contributed by atoms with E-state index in [-0.39, 0.29) is 0 Å². The van der Waals surface area contributed by atoms with Crippen molar-refractivity contribution in [2.45, 2.75) is 45.1 Å². The number of allylic oxidation sites excluding steroid dienone is 1. The Bertz CT molecular complexity index is 322. The molecule has 2 N–H and O–H groups in total. The summed E-state index contributed by atoms with van der Waals surface area (Å²) in [7, 11) is 0. The monoisotopic (exact) mass is 237 g/mol. The van der Waals surface area contributed by atoms with Gasteiger partial charge in [0.1, 0.15) is 0 Å². The fourth-order valence-electron chi connectivity index (χ4n) is 1.95. The summed E-state index contributed by atoms with van der Waals surface area (Å²) >= 11 is 0. The molecule has 0 aliphatic heterocycles. The van der Waals surface area contributed by atoms with Crippen LogP contribution < -0.4 is 5.90 Å². The maximum atomic E-state index is 5.05. The van der Waals surface area contributed by atoms with E-state index >= 15 is 0 Å². The fraction of sp³-hybridized carbons (Fsp3) is 0.615. The van der Waals surface area contributed by atoms with E-state index < -0.39 is 0 Å². The topological polar surface area (TPSA) is 53.1 Å². The molecule has 0 aliphatic carbocycles. The number of hydrogen-bond acceptors (Lipinski definition) is 3. The van der Waals surface area contributed by atoms with Gasteiger partial charge in [-0.05, 0) is 32.3 Å². The molecule has 0 amide bonds. The minimum atomic E-state index is 0.433. The predicted molar refractivity (Wildman–Crippen MR) is 69.4 cm³/mol. The predicted octanol–water partition coefficient (Wildman–Crippen LogP) is 2.62. The lowest BCUT2D eigenvalue weighted by Crippen LogP contribution is -2.13. The lowest BCUT2D eigenvalue weighted by Gasteiger charge is -2.15. The van der Waals surface area contributed by atoms with Crippen LogP contribution in [-0.2, 0) is 11.3 Å². The summed E-state index contributed by atoms with van der Waals surface area (Å²) in [5.41, 5.74) is 1.19. The SMILES string of the molecule is C=CCCCCC(C)n1nccc1CCON. The third-order valence-corrected chi connectivity index (χ3v) is 2.93. The quantitative estimate of drug-likeness (QED) is 0.408. The lowest BCUT2D eigenvalue weighted by molar-refractivity contribution is 0.139. The van der Waals surface area contributed by atoms with E-state index in [4.69, 9.17) is 5.90 Å². The number of aromatic nitrogens is 2. The highest BCUT2D eigenvalue weighted by molar-refractivity contribution is 5.02. The van der Waals surface area contributed by atoms with E-state index in [1.54, 1.807) is 0 Å².